The fourth-order valence-electron chi connectivity index (χ4n) is 3.81. The van der Waals surface area contributed by atoms with Gasteiger partial charge in [-0.1, -0.05) is 0 Å². The van der Waals surface area contributed by atoms with Crippen LogP contribution in [-0.4, -0.2) is 54.1 Å². The highest BCUT2D eigenvalue weighted by Gasteiger charge is 2.86. The van der Waals surface area contributed by atoms with Crippen molar-refractivity contribution in [2.75, 3.05) is 13.2 Å². The van der Waals surface area contributed by atoms with Crippen LogP contribution in [0.4, 0.5) is 9.18 Å². The number of hydrogen-bond acceptors (Lipinski definition) is 7. The van der Waals surface area contributed by atoms with Crippen molar-refractivity contribution in [2.45, 2.75) is 63.9 Å². The Balaban J connectivity index is 2.36. The van der Waals surface area contributed by atoms with Crippen molar-refractivity contribution in [1.82, 2.24) is 5.32 Å². The van der Waals surface area contributed by atoms with Gasteiger partial charge in [-0.05, 0) is 41.0 Å². The highest BCUT2D eigenvalue weighted by Crippen LogP contribution is 2.67. The molecule has 2 rings (SSSR count). The molecule has 0 aromatic rings. The second-order valence-corrected chi connectivity index (χ2v) is 7.63. The summed E-state index contributed by atoms with van der Waals surface area (Å²) in [6.45, 7) is 8.10. The van der Waals surface area contributed by atoms with Gasteiger partial charge in [-0.2, -0.15) is 0 Å². The number of fused-ring (bicyclic) bond motifs is 1. The summed E-state index contributed by atoms with van der Waals surface area (Å²) in [7, 11) is 0. The van der Waals surface area contributed by atoms with Crippen LogP contribution in [0, 0.1) is 11.8 Å². The predicted molar refractivity (Wildman–Crippen MR) is 88.8 cm³/mol. The minimum Gasteiger partial charge on any atom is -0.464 e. The molecule has 8 nitrogen and oxygen atoms in total. The van der Waals surface area contributed by atoms with Gasteiger partial charge in [0, 0.05) is 17.9 Å². The number of esters is 2. The van der Waals surface area contributed by atoms with E-state index in [-0.39, 0.29) is 19.6 Å². The predicted octanol–water partition coefficient (Wildman–Crippen LogP) is 1.06. The molecule has 5 unspecified atom stereocenters. The van der Waals surface area contributed by atoms with E-state index in [0.717, 1.165) is 0 Å². The molecule has 0 spiro atoms. The summed E-state index contributed by atoms with van der Waals surface area (Å²) in [6.07, 6.45) is -0.894. The van der Waals surface area contributed by atoms with Crippen molar-refractivity contribution >= 4 is 18.0 Å². The maximum atomic E-state index is 15.3. The molecule has 0 aromatic heterocycles. The first kappa shape index (κ1) is 20.4. The second-order valence-electron chi connectivity index (χ2n) is 7.63. The average Bonchev–Trinajstić information content (AvgIpc) is 2.96. The van der Waals surface area contributed by atoms with Crippen molar-refractivity contribution in [3.05, 3.63) is 0 Å². The molecule has 0 aliphatic heterocycles. The summed E-state index contributed by atoms with van der Waals surface area (Å²) in [5, 5.41) is 2.42. The van der Waals surface area contributed by atoms with Gasteiger partial charge in [0.05, 0.1) is 13.2 Å². The number of alkyl halides is 1. The highest BCUT2D eigenvalue weighted by molar-refractivity contribution is 5.94. The molecule has 9 heteroatoms. The van der Waals surface area contributed by atoms with Crippen molar-refractivity contribution in [3.8, 4) is 0 Å². The minimum atomic E-state index is -2.38. The van der Waals surface area contributed by atoms with Crippen LogP contribution in [0.15, 0.2) is 0 Å². The van der Waals surface area contributed by atoms with Gasteiger partial charge >= 0.3 is 18.0 Å². The van der Waals surface area contributed by atoms with E-state index in [1.807, 2.05) is 0 Å². The van der Waals surface area contributed by atoms with E-state index in [1.54, 1.807) is 34.6 Å². The molecule has 26 heavy (non-hydrogen) atoms. The zero-order valence-corrected chi connectivity index (χ0v) is 15.8. The Bertz CT molecular complexity index is 607. The van der Waals surface area contributed by atoms with E-state index >= 15 is 4.39 Å². The van der Waals surface area contributed by atoms with E-state index in [0.29, 0.717) is 0 Å². The van der Waals surface area contributed by atoms with E-state index in [9.17, 15) is 14.4 Å². The molecule has 3 N–H and O–H groups in total. The molecule has 0 bridgehead atoms. The van der Waals surface area contributed by atoms with Gasteiger partial charge in [0.25, 0.3) is 0 Å². The number of rotatable bonds is 5. The van der Waals surface area contributed by atoms with Crippen LogP contribution in [0.3, 0.4) is 0 Å². The molecule has 2 aliphatic carbocycles. The molecule has 2 aliphatic rings. The van der Waals surface area contributed by atoms with Crippen LogP contribution in [0.5, 0.6) is 0 Å². The van der Waals surface area contributed by atoms with Crippen LogP contribution < -0.4 is 11.1 Å². The molecule has 0 aromatic carbocycles. The van der Waals surface area contributed by atoms with Crippen LogP contribution in [-0.2, 0) is 23.8 Å². The SMILES string of the molecule is CCOC(=O)C1(F)C2CC(N)C(NC(=O)OC(C)(C)C)(C(=O)OCC)C21. The third-order valence-corrected chi connectivity index (χ3v) is 4.78. The summed E-state index contributed by atoms with van der Waals surface area (Å²) >= 11 is 0. The molecule has 148 valence electrons. The van der Waals surface area contributed by atoms with Gasteiger partial charge in [0.15, 0.2) is 5.54 Å². The fraction of sp³-hybridized carbons (Fsp3) is 0.824. The van der Waals surface area contributed by atoms with Crippen LogP contribution in [0.25, 0.3) is 0 Å². The third kappa shape index (κ3) is 3.13. The minimum absolute atomic E-state index is 0.00188. The Hall–Kier alpha value is -1.90. The van der Waals surface area contributed by atoms with Gasteiger partial charge in [0.1, 0.15) is 5.60 Å². The zero-order valence-electron chi connectivity index (χ0n) is 15.8. The number of amides is 1. The zero-order chi connectivity index (χ0) is 19.9. The van der Waals surface area contributed by atoms with Crippen molar-refractivity contribution in [2.24, 2.45) is 17.6 Å². The maximum absolute atomic E-state index is 15.3. The standard InChI is InChI=1S/C17H27FN2O6/c1-6-24-12(21)16(18)9-8-10(19)17(11(9)16,13(22)25-7-2)20-14(23)26-15(3,4)5/h9-11H,6-8,19H2,1-5H3,(H,20,23). The lowest BCUT2D eigenvalue weighted by Gasteiger charge is -2.36. The second kappa shape index (κ2) is 6.68. The Morgan fingerprint density at radius 1 is 1.15 bits per heavy atom. The smallest absolute Gasteiger partial charge is 0.408 e. The van der Waals surface area contributed by atoms with Gasteiger partial charge in [-0.25, -0.2) is 18.8 Å². The number of ether oxygens (including phenoxy) is 3. The number of carbonyl (C=O) groups excluding carboxylic acids is 3. The lowest BCUT2D eigenvalue weighted by atomic mass is 9.85. The molecule has 0 saturated heterocycles. The molecular weight excluding hydrogens is 347 g/mol. The summed E-state index contributed by atoms with van der Waals surface area (Å²) < 4.78 is 30.4. The lowest BCUT2D eigenvalue weighted by molar-refractivity contribution is -0.158. The molecule has 0 heterocycles. The van der Waals surface area contributed by atoms with E-state index in [2.05, 4.69) is 5.32 Å². The Labute approximate surface area is 151 Å². The number of nitrogens with one attached hydrogen (secondary N) is 1. The fourth-order valence-corrected chi connectivity index (χ4v) is 3.81. The Morgan fingerprint density at radius 3 is 2.19 bits per heavy atom. The summed E-state index contributed by atoms with van der Waals surface area (Å²) in [5.41, 5.74) is 0.984. The van der Waals surface area contributed by atoms with E-state index in [4.69, 9.17) is 19.9 Å². The quantitative estimate of drug-likeness (QED) is 0.546. The van der Waals surface area contributed by atoms with Crippen LogP contribution in [0.2, 0.25) is 0 Å². The lowest BCUT2D eigenvalue weighted by Crippen LogP contribution is -2.67. The first-order valence-corrected chi connectivity index (χ1v) is 8.75. The summed E-state index contributed by atoms with van der Waals surface area (Å²) in [6, 6.07) is -0.914. The largest absolute Gasteiger partial charge is 0.464 e. The van der Waals surface area contributed by atoms with Gasteiger partial charge in [-0.3, -0.25) is 0 Å². The molecular formula is C17H27FN2O6. The van der Waals surface area contributed by atoms with Gasteiger partial charge in [-0.15, -0.1) is 0 Å². The Morgan fingerprint density at radius 2 is 1.69 bits per heavy atom. The number of nitrogens with two attached hydrogens (primary N) is 1. The number of halogens is 1. The molecule has 1 amide bonds. The van der Waals surface area contributed by atoms with Gasteiger partial charge < -0.3 is 25.3 Å². The molecule has 5 atom stereocenters. The molecule has 0 radical (unpaired) electrons. The summed E-state index contributed by atoms with van der Waals surface area (Å²) in [4.78, 5) is 37.1. The van der Waals surface area contributed by atoms with E-state index < -0.39 is 52.7 Å². The monoisotopic (exact) mass is 374 g/mol. The first-order valence-electron chi connectivity index (χ1n) is 8.75. The maximum Gasteiger partial charge on any atom is 0.408 e. The number of carbonyl (C=O) groups is 3. The van der Waals surface area contributed by atoms with Crippen LogP contribution in [0.1, 0.15) is 41.0 Å². The number of hydrogen-bond donors (Lipinski definition) is 2. The topological polar surface area (TPSA) is 117 Å². The van der Waals surface area contributed by atoms with Crippen molar-refractivity contribution in [1.29, 1.82) is 0 Å². The van der Waals surface area contributed by atoms with Crippen molar-refractivity contribution < 1.29 is 33.0 Å². The average molecular weight is 374 g/mol. The Kier molecular flexibility index (Phi) is 5.24. The van der Waals surface area contributed by atoms with Crippen molar-refractivity contribution in [3.63, 3.8) is 0 Å². The van der Waals surface area contributed by atoms with E-state index in [1.165, 1.54) is 0 Å². The number of alkyl carbamates (subject to hydrolysis) is 1. The molecule has 2 saturated carbocycles. The summed E-state index contributed by atoms with van der Waals surface area (Å²) in [5.74, 6) is -3.91. The van der Waals surface area contributed by atoms with Crippen LogP contribution >= 0.6 is 0 Å². The highest BCUT2D eigenvalue weighted by atomic mass is 19.1. The molecule has 2 fully saturated rings. The third-order valence-electron chi connectivity index (χ3n) is 4.78. The normalized spacial score (nSPS) is 35.3. The van der Waals surface area contributed by atoms with Gasteiger partial charge in [0.2, 0.25) is 5.67 Å². The first-order chi connectivity index (χ1) is 11.9.